The Morgan fingerprint density at radius 3 is 1.74 bits per heavy atom. The van der Waals surface area contributed by atoms with Gasteiger partial charge in [0.1, 0.15) is 0 Å². The van der Waals surface area contributed by atoms with Crippen molar-refractivity contribution < 1.29 is 23.9 Å². The Hall–Kier alpha value is -1.69. The molecule has 0 spiro atoms. The zero-order valence-corrected chi connectivity index (χ0v) is 18.7. The minimum absolute atomic E-state index is 0.0745. The number of Topliss-reactive ketones (excluding diaryl/α,β-unsaturated/α-hetero) is 1. The van der Waals surface area contributed by atoms with Crippen LogP contribution >= 0.6 is 15.9 Å². The van der Waals surface area contributed by atoms with E-state index >= 15 is 0 Å². The van der Waals surface area contributed by atoms with E-state index < -0.39 is 11.9 Å². The Bertz CT molecular complexity index is 708. The summed E-state index contributed by atoms with van der Waals surface area (Å²) in [5.41, 5.74) is -0.118. The summed E-state index contributed by atoms with van der Waals surface area (Å²) in [6.07, 6.45) is 0.400. The summed E-state index contributed by atoms with van der Waals surface area (Å²) in [7, 11) is 0. The van der Waals surface area contributed by atoms with Crippen LogP contribution in [0.3, 0.4) is 0 Å². The zero-order valence-electron chi connectivity index (χ0n) is 17.1. The second kappa shape index (κ2) is 9.00. The molecule has 0 aromatic heterocycles. The van der Waals surface area contributed by atoms with Crippen molar-refractivity contribution in [2.75, 3.05) is 0 Å². The van der Waals surface area contributed by atoms with Gasteiger partial charge in [0.05, 0.1) is 17.7 Å². The van der Waals surface area contributed by atoms with Crippen LogP contribution in [0, 0.1) is 10.8 Å². The zero-order chi connectivity index (χ0) is 21.0. The van der Waals surface area contributed by atoms with E-state index in [4.69, 9.17) is 9.47 Å². The lowest BCUT2D eigenvalue weighted by Crippen LogP contribution is -2.20. The van der Waals surface area contributed by atoms with Crippen molar-refractivity contribution >= 4 is 33.7 Å². The molecule has 0 amide bonds. The first-order valence-corrected chi connectivity index (χ1v) is 9.83. The van der Waals surface area contributed by atoms with E-state index in [1.807, 2.05) is 41.5 Å². The van der Waals surface area contributed by atoms with Crippen LogP contribution < -0.4 is 9.47 Å². The molecule has 1 unspecified atom stereocenters. The average molecular weight is 441 g/mol. The topological polar surface area (TPSA) is 69.7 Å². The Morgan fingerprint density at radius 2 is 1.33 bits per heavy atom. The number of carbonyl (C=O) groups excluding carboxylic acids is 3. The first-order chi connectivity index (χ1) is 12.2. The fraction of sp³-hybridized carbons (Fsp3) is 0.571. The highest BCUT2D eigenvalue weighted by Crippen LogP contribution is 2.32. The van der Waals surface area contributed by atoms with E-state index in [0.29, 0.717) is 5.56 Å². The molecule has 0 fully saturated rings. The Balaban J connectivity index is 3.15. The van der Waals surface area contributed by atoms with Gasteiger partial charge < -0.3 is 9.47 Å². The van der Waals surface area contributed by atoms with Crippen LogP contribution in [-0.4, -0.2) is 22.5 Å². The highest BCUT2D eigenvalue weighted by molar-refractivity contribution is 9.10. The van der Waals surface area contributed by atoms with E-state index in [2.05, 4.69) is 15.9 Å². The van der Waals surface area contributed by atoms with Gasteiger partial charge in [-0.2, -0.15) is 0 Å². The summed E-state index contributed by atoms with van der Waals surface area (Å²) in [6, 6.07) is 4.49. The van der Waals surface area contributed by atoms with Gasteiger partial charge in [0, 0.05) is 5.56 Å². The van der Waals surface area contributed by atoms with Crippen molar-refractivity contribution in [1.29, 1.82) is 0 Å². The quantitative estimate of drug-likeness (QED) is 0.258. The van der Waals surface area contributed by atoms with Gasteiger partial charge >= 0.3 is 11.9 Å². The molecule has 1 aromatic carbocycles. The lowest BCUT2D eigenvalue weighted by Gasteiger charge is -2.19. The molecule has 27 heavy (non-hydrogen) atoms. The predicted molar refractivity (Wildman–Crippen MR) is 109 cm³/mol. The molecule has 0 N–H and O–H groups in total. The van der Waals surface area contributed by atoms with Crippen LogP contribution in [0.1, 0.15) is 71.7 Å². The van der Waals surface area contributed by atoms with Crippen molar-refractivity contribution in [3.8, 4) is 11.5 Å². The number of esters is 2. The molecule has 0 bridgehead atoms. The van der Waals surface area contributed by atoms with Crippen molar-refractivity contribution in [3.63, 3.8) is 0 Å². The van der Waals surface area contributed by atoms with Crippen LogP contribution in [0.25, 0.3) is 0 Å². The highest BCUT2D eigenvalue weighted by Gasteiger charge is 2.23. The molecule has 0 radical (unpaired) electrons. The lowest BCUT2D eigenvalue weighted by molar-refractivity contribution is -0.139. The van der Waals surface area contributed by atoms with Gasteiger partial charge in [-0.05, 0) is 36.0 Å². The highest BCUT2D eigenvalue weighted by atomic mass is 79.9. The maximum atomic E-state index is 12.3. The average Bonchev–Trinajstić information content (AvgIpc) is 2.44. The van der Waals surface area contributed by atoms with Gasteiger partial charge in [-0.25, -0.2) is 0 Å². The van der Waals surface area contributed by atoms with Crippen LogP contribution in [0.15, 0.2) is 18.2 Å². The largest absolute Gasteiger partial charge is 0.422 e. The number of benzene rings is 1. The first-order valence-electron chi connectivity index (χ1n) is 8.92. The van der Waals surface area contributed by atoms with Crippen LogP contribution in [0.2, 0.25) is 0 Å². The maximum Gasteiger partial charge on any atom is 0.311 e. The number of hydrogen-bond donors (Lipinski definition) is 0. The third kappa shape index (κ3) is 8.69. The summed E-state index contributed by atoms with van der Waals surface area (Å²) >= 11 is 3.24. The summed E-state index contributed by atoms with van der Waals surface area (Å²) < 4.78 is 10.8. The second-order valence-electron chi connectivity index (χ2n) is 9.06. The number of halogens is 1. The first kappa shape index (κ1) is 23.3. The van der Waals surface area contributed by atoms with Gasteiger partial charge in [0.25, 0.3) is 0 Å². The molecular weight excluding hydrogens is 412 g/mol. The maximum absolute atomic E-state index is 12.3. The lowest BCUT2D eigenvalue weighted by atomic mass is 9.92. The molecule has 0 aliphatic carbocycles. The summed E-state index contributed by atoms with van der Waals surface area (Å²) in [5.74, 6) is -0.831. The molecule has 0 aliphatic rings. The van der Waals surface area contributed by atoms with Gasteiger partial charge in [0.2, 0.25) is 0 Å². The fourth-order valence-corrected chi connectivity index (χ4v) is 2.50. The molecular formula is C21H29BrO5. The van der Waals surface area contributed by atoms with E-state index in [-0.39, 0.29) is 45.8 Å². The molecule has 0 saturated heterocycles. The van der Waals surface area contributed by atoms with E-state index in [1.165, 1.54) is 12.1 Å². The molecule has 150 valence electrons. The third-order valence-corrected chi connectivity index (χ3v) is 3.80. The SMILES string of the molecule is CC(Br)C(=O)c1ccc(OC(=O)CC(C)(C)C)c(OC(=O)CC(C)(C)C)c1. The van der Waals surface area contributed by atoms with Crippen LogP contribution in [0.4, 0.5) is 0 Å². The van der Waals surface area contributed by atoms with Gasteiger partial charge in [0.15, 0.2) is 17.3 Å². The van der Waals surface area contributed by atoms with E-state index in [1.54, 1.807) is 13.0 Å². The normalized spacial score (nSPS) is 13.0. The van der Waals surface area contributed by atoms with Crippen molar-refractivity contribution in [1.82, 2.24) is 0 Å². The number of alkyl halides is 1. The van der Waals surface area contributed by atoms with Crippen LogP contribution in [0.5, 0.6) is 11.5 Å². The molecule has 1 atom stereocenters. The minimum Gasteiger partial charge on any atom is -0.422 e. The number of ketones is 1. The molecule has 5 nitrogen and oxygen atoms in total. The monoisotopic (exact) mass is 440 g/mol. The van der Waals surface area contributed by atoms with Crippen molar-refractivity contribution in [3.05, 3.63) is 23.8 Å². The molecule has 0 saturated carbocycles. The smallest absolute Gasteiger partial charge is 0.311 e. The summed E-state index contributed by atoms with van der Waals surface area (Å²) in [6.45, 7) is 13.3. The number of rotatable bonds is 6. The van der Waals surface area contributed by atoms with E-state index in [9.17, 15) is 14.4 Å². The second-order valence-corrected chi connectivity index (χ2v) is 10.4. The van der Waals surface area contributed by atoms with Gasteiger partial charge in [-0.15, -0.1) is 0 Å². The minimum atomic E-state index is -0.452. The number of ether oxygens (including phenoxy) is 2. The Labute approximate surface area is 169 Å². The standard InChI is InChI=1S/C21H29BrO5/c1-13(22)19(25)14-8-9-15(26-17(23)11-20(2,3)4)16(10-14)27-18(24)12-21(5,6)7/h8-10,13H,11-12H2,1-7H3. The van der Waals surface area contributed by atoms with Crippen LogP contribution in [-0.2, 0) is 9.59 Å². The van der Waals surface area contributed by atoms with Crippen molar-refractivity contribution in [2.24, 2.45) is 10.8 Å². The Morgan fingerprint density at radius 1 is 0.889 bits per heavy atom. The molecule has 6 heteroatoms. The summed E-state index contributed by atoms with van der Waals surface area (Å²) in [4.78, 5) is 36.3. The number of hydrogen-bond acceptors (Lipinski definition) is 5. The molecule has 0 heterocycles. The van der Waals surface area contributed by atoms with E-state index in [0.717, 1.165) is 0 Å². The Kier molecular flexibility index (Phi) is 7.78. The predicted octanol–water partition coefficient (Wildman–Crippen LogP) is 5.34. The third-order valence-electron chi connectivity index (χ3n) is 3.39. The number of carbonyl (C=O) groups is 3. The molecule has 1 rings (SSSR count). The fourth-order valence-electron chi connectivity index (χ4n) is 2.24. The van der Waals surface area contributed by atoms with Gasteiger partial charge in [-0.3, -0.25) is 14.4 Å². The molecule has 1 aromatic rings. The summed E-state index contributed by atoms with van der Waals surface area (Å²) in [5, 5.41) is 0. The van der Waals surface area contributed by atoms with Gasteiger partial charge in [-0.1, -0.05) is 57.5 Å². The van der Waals surface area contributed by atoms with Crippen molar-refractivity contribution in [2.45, 2.75) is 66.1 Å². The molecule has 0 aliphatic heterocycles.